The van der Waals surface area contributed by atoms with Gasteiger partial charge in [0, 0.05) is 25.7 Å². The molecule has 2 saturated carbocycles. The van der Waals surface area contributed by atoms with Gasteiger partial charge in [0.05, 0.1) is 6.10 Å². The van der Waals surface area contributed by atoms with Gasteiger partial charge in [0.15, 0.2) is 0 Å². The fraction of sp³-hybridized carbons (Fsp3) is 0.950. The van der Waals surface area contributed by atoms with Crippen molar-refractivity contribution in [2.24, 2.45) is 5.92 Å². The summed E-state index contributed by atoms with van der Waals surface area (Å²) < 4.78 is 11.0. The number of ether oxygens (including phenoxy) is 2. The van der Waals surface area contributed by atoms with Crippen LogP contribution in [0.2, 0.25) is 0 Å². The van der Waals surface area contributed by atoms with Crippen molar-refractivity contribution < 1.29 is 14.3 Å². The molecule has 0 aromatic rings. The number of nitrogens with one attached hydrogen (secondary N) is 2. The molecular weight excluding hydrogens is 316 g/mol. The molecular formula is C20H38N2O3. The standard InChI is InChI=1S/C20H38N2O3/c1-20(2,3)25-19(23)21-14-18(15-9-6-5-7-10-15)22-16-11-8-12-17(13-16)24-4/h15-18,22H,5-14H2,1-4H3,(H,21,23). The lowest BCUT2D eigenvalue weighted by Gasteiger charge is -2.37. The van der Waals surface area contributed by atoms with Gasteiger partial charge in [-0.3, -0.25) is 0 Å². The van der Waals surface area contributed by atoms with Gasteiger partial charge in [0.25, 0.3) is 0 Å². The summed E-state index contributed by atoms with van der Waals surface area (Å²) in [7, 11) is 1.82. The van der Waals surface area contributed by atoms with Crippen LogP contribution in [0, 0.1) is 5.92 Å². The minimum absolute atomic E-state index is 0.312. The third kappa shape index (κ3) is 7.53. The fourth-order valence-electron chi connectivity index (χ4n) is 4.22. The van der Waals surface area contributed by atoms with Gasteiger partial charge in [-0.25, -0.2) is 4.79 Å². The minimum Gasteiger partial charge on any atom is -0.444 e. The number of carbonyl (C=O) groups is 1. The Hall–Kier alpha value is -0.810. The van der Waals surface area contributed by atoms with Crippen LogP contribution in [0.4, 0.5) is 4.79 Å². The molecule has 5 heteroatoms. The van der Waals surface area contributed by atoms with Crippen LogP contribution in [-0.2, 0) is 9.47 Å². The highest BCUT2D eigenvalue weighted by Crippen LogP contribution is 2.28. The van der Waals surface area contributed by atoms with Crippen molar-refractivity contribution >= 4 is 6.09 Å². The average Bonchev–Trinajstić information content (AvgIpc) is 2.58. The van der Waals surface area contributed by atoms with Gasteiger partial charge in [-0.05, 0) is 65.2 Å². The zero-order valence-corrected chi connectivity index (χ0v) is 16.6. The fourth-order valence-corrected chi connectivity index (χ4v) is 4.22. The number of rotatable bonds is 6. The predicted molar refractivity (Wildman–Crippen MR) is 101 cm³/mol. The van der Waals surface area contributed by atoms with Crippen LogP contribution < -0.4 is 10.6 Å². The van der Waals surface area contributed by atoms with Crippen LogP contribution in [0.25, 0.3) is 0 Å². The zero-order chi connectivity index (χ0) is 18.3. The molecule has 2 aliphatic rings. The molecule has 0 aromatic heterocycles. The second-order valence-electron chi connectivity index (χ2n) is 8.78. The van der Waals surface area contributed by atoms with Crippen LogP contribution in [0.5, 0.6) is 0 Å². The Labute approximate surface area is 153 Å². The lowest BCUT2D eigenvalue weighted by molar-refractivity contribution is 0.0477. The predicted octanol–water partition coefficient (Wildman–Crippen LogP) is 4.01. The van der Waals surface area contributed by atoms with Gasteiger partial charge in [0.2, 0.25) is 0 Å². The maximum Gasteiger partial charge on any atom is 0.407 e. The van der Waals surface area contributed by atoms with E-state index in [0.29, 0.717) is 30.7 Å². The monoisotopic (exact) mass is 354 g/mol. The molecule has 2 aliphatic carbocycles. The highest BCUT2D eigenvalue weighted by atomic mass is 16.6. The Bertz CT molecular complexity index is 402. The van der Waals surface area contributed by atoms with E-state index in [2.05, 4.69) is 10.6 Å². The Morgan fingerprint density at radius 3 is 2.44 bits per heavy atom. The Morgan fingerprint density at radius 2 is 1.80 bits per heavy atom. The second kappa shape index (κ2) is 9.77. The number of methoxy groups -OCH3 is 1. The highest BCUT2D eigenvalue weighted by molar-refractivity contribution is 5.67. The molecule has 5 nitrogen and oxygen atoms in total. The van der Waals surface area contributed by atoms with Gasteiger partial charge >= 0.3 is 6.09 Å². The summed E-state index contributed by atoms with van der Waals surface area (Å²) in [6, 6.07) is 0.819. The van der Waals surface area contributed by atoms with E-state index in [4.69, 9.17) is 9.47 Å². The molecule has 2 fully saturated rings. The first-order valence-electron chi connectivity index (χ1n) is 10.1. The largest absolute Gasteiger partial charge is 0.444 e. The molecule has 3 atom stereocenters. The summed E-state index contributed by atoms with van der Waals surface area (Å²) in [6.45, 7) is 6.34. The van der Waals surface area contributed by atoms with Crippen LogP contribution in [0.1, 0.15) is 78.6 Å². The topological polar surface area (TPSA) is 59.6 Å². The van der Waals surface area contributed by atoms with E-state index in [1.165, 1.54) is 51.4 Å². The molecule has 0 radical (unpaired) electrons. The van der Waals surface area contributed by atoms with Crippen molar-refractivity contribution in [3.8, 4) is 0 Å². The van der Waals surface area contributed by atoms with E-state index in [-0.39, 0.29) is 6.09 Å². The maximum atomic E-state index is 12.1. The Balaban J connectivity index is 1.89. The second-order valence-corrected chi connectivity index (χ2v) is 8.78. The number of alkyl carbamates (subject to hydrolysis) is 1. The van der Waals surface area contributed by atoms with E-state index in [1.807, 2.05) is 27.9 Å². The molecule has 0 aromatic carbocycles. The summed E-state index contributed by atoms with van der Waals surface area (Å²) in [4.78, 5) is 12.1. The summed E-state index contributed by atoms with van der Waals surface area (Å²) >= 11 is 0. The SMILES string of the molecule is COC1CCCC(NC(CNC(=O)OC(C)(C)C)C2CCCCC2)C1. The van der Waals surface area contributed by atoms with Gasteiger partial charge in [-0.1, -0.05) is 19.3 Å². The summed E-state index contributed by atoms with van der Waals surface area (Å²) in [5, 5.41) is 6.85. The van der Waals surface area contributed by atoms with Crippen molar-refractivity contribution in [1.29, 1.82) is 0 Å². The molecule has 25 heavy (non-hydrogen) atoms. The van der Waals surface area contributed by atoms with Crippen molar-refractivity contribution in [2.75, 3.05) is 13.7 Å². The first-order valence-corrected chi connectivity index (χ1v) is 10.1. The van der Waals surface area contributed by atoms with Crippen molar-refractivity contribution in [3.63, 3.8) is 0 Å². The lowest BCUT2D eigenvalue weighted by atomic mass is 9.82. The number of carbonyl (C=O) groups excluding carboxylic acids is 1. The quantitative estimate of drug-likeness (QED) is 0.757. The average molecular weight is 355 g/mol. The van der Waals surface area contributed by atoms with Gasteiger partial charge < -0.3 is 20.1 Å². The van der Waals surface area contributed by atoms with Crippen LogP contribution in [0.15, 0.2) is 0 Å². The van der Waals surface area contributed by atoms with Crippen LogP contribution in [0.3, 0.4) is 0 Å². The van der Waals surface area contributed by atoms with E-state index in [1.54, 1.807) is 0 Å². The Kier molecular flexibility index (Phi) is 8.01. The molecule has 0 saturated heterocycles. The van der Waals surface area contributed by atoms with E-state index in [0.717, 1.165) is 6.42 Å². The van der Waals surface area contributed by atoms with Gasteiger partial charge in [0.1, 0.15) is 5.60 Å². The summed E-state index contributed by atoms with van der Waals surface area (Å²) in [6.07, 6.45) is 11.2. The van der Waals surface area contributed by atoms with Crippen molar-refractivity contribution in [3.05, 3.63) is 0 Å². The molecule has 0 spiro atoms. The highest BCUT2D eigenvalue weighted by Gasteiger charge is 2.29. The molecule has 0 aliphatic heterocycles. The molecule has 146 valence electrons. The third-order valence-corrected chi connectivity index (χ3v) is 5.49. The lowest BCUT2D eigenvalue weighted by Crippen LogP contribution is -2.52. The van der Waals surface area contributed by atoms with Gasteiger partial charge in [-0.2, -0.15) is 0 Å². The third-order valence-electron chi connectivity index (χ3n) is 5.49. The molecule has 1 amide bonds. The first-order chi connectivity index (χ1) is 11.9. The molecule has 2 N–H and O–H groups in total. The van der Waals surface area contributed by atoms with E-state index >= 15 is 0 Å². The van der Waals surface area contributed by atoms with E-state index in [9.17, 15) is 4.79 Å². The van der Waals surface area contributed by atoms with Gasteiger partial charge in [-0.15, -0.1) is 0 Å². The van der Waals surface area contributed by atoms with Crippen molar-refractivity contribution in [2.45, 2.75) is 102 Å². The number of amides is 1. The smallest absolute Gasteiger partial charge is 0.407 e. The van der Waals surface area contributed by atoms with Crippen LogP contribution >= 0.6 is 0 Å². The normalized spacial score (nSPS) is 26.9. The van der Waals surface area contributed by atoms with E-state index < -0.39 is 5.60 Å². The van der Waals surface area contributed by atoms with Crippen LogP contribution in [-0.4, -0.2) is 43.5 Å². The zero-order valence-electron chi connectivity index (χ0n) is 16.6. The Morgan fingerprint density at radius 1 is 1.08 bits per heavy atom. The summed E-state index contributed by atoms with van der Waals surface area (Å²) in [5.41, 5.74) is -0.451. The molecule has 2 rings (SSSR count). The molecule has 0 heterocycles. The van der Waals surface area contributed by atoms with Crippen molar-refractivity contribution in [1.82, 2.24) is 10.6 Å². The maximum absolute atomic E-state index is 12.1. The molecule has 0 bridgehead atoms. The first kappa shape index (κ1) is 20.5. The minimum atomic E-state index is -0.451. The summed E-state index contributed by atoms with van der Waals surface area (Å²) in [5.74, 6) is 0.645. The molecule has 3 unspecified atom stereocenters. The number of hydrogen-bond donors (Lipinski definition) is 2. The number of hydrogen-bond acceptors (Lipinski definition) is 4.